The monoisotopic (exact) mass is 398 g/mol. The van der Waals surface area contributed by atoms with Gasteiger partial charge < -0.3 is 15.0 Å². The minimum atomic E-state index is -0.0162. The lowest BCUT2D eigenvalue weighted by Gasteiger charge is -2.26. The van der Waals surface area contributed by atoms with Crippen molar-refractivity contribution >= 4 is 23.2 Å². The third kappa shape index (κ3) is 4.13. The van der Waals surface area contributed by atoms with Gasteiger partial charge in [-0.15, -0.1) is 11.3 Å². The van der Waals surface area contributed by atoms with Gasteiger partial charge in [0.2, 0.25) is 5.91 Å². The summed E-state index contributed by atoms with van der Waals surface area (Å²) in [7, 11) is 0. The van der Waals surface area contributed by atoms with Crippen molar-refractivity contribution in [1.29, 1.82) is 0 Å². The zero-order valence-corrected chi connectivity index (χ0v) is 17.0. The predicted octanol–water partition coefficient (Wildman–Crippen LogP) is 2.95. The van der Waals surface area contributed by atoms with Crippen molar-refractivity contribution in [3.63, 3.8) is 0 Å². The summed E-state index contributed by atoms with van der Waals surface area (Å²) in [6.07, 6.45) is 2.44. The van der Waals surface area contributed by atoms with Crippen LogP contribution < -0.4 is 5.32 Å². The van der Waals surface area contributed by atoms with Crippen molar-refractivity contribution < 1.29 is 14.3 Å². The summed E-state index contributed by atoms with van der Waals surface area (Å²) in [4.78, 5) is 29.3. The molecular formula is C22H26N2O3S. The lowest BCUT2D eigenvalue weighted by Crippen LogP contribution is -2.40. The first-order valence-electron chi connectivity index (χ1n) is 9.92. The van der Waals surface area contributed by atoms with Gasteiger partial charge in [-0.3, -0.25) is 9.59 Å². The van der Waals surface area contributed by atoms with Gasteiger partial charge in [-0.25, -0.2) is 0 Å². The molecule has 1 aromatic carbocycles. The van der Waals surface area contributed by atoms with Crippen LogP contribution in [0.15, 0.2) is 30.3 Å². The first-order valence-corrected chi connectivity index (χ1v) is 10.7. The molecule has 2 aliphatic rings. The molecule has 1 atom stereocenters. The molecular weight excluding hydrogens is 372 g/mol. The van der Waals surface area contributed by atoms with Crippen LogP contribution in [0.1, 0.15) is 37.7 Å². The normalized spacial score (nSPS) is 19.2. The standard InChI is InChI=1S/C22H26N2O3S/c1-15-4-2-3-5-17(15)14-23-21(25)16-6-7-19-18(12-16)13-20(28-19)22(26)24-8-10-27-11-9-24/h2-5,13,16H,6-12,14H2,1H3,(H,23,25)/t16-/m0/s1. The van der Waals surface area contributed by atoms with E-state index in [0.717, 1.165) is 29.7 Å². The smallest absolute Gasteiger partial charge is 0.264 e. The molecule has 28 heavy (non-hydrogen) atoms. The van der Waals surface area contributed by atoms with Gasteiger partial charge in [0.25, 0.3) is 5.91 Å². The average molecular weight is 399 g/mol. The minimum absolute atomic E-state index is 0.0162. The highest BCUT2D eigenvalue weighted by atomic mass is 32.1. The third-order valence-corrected chi connectivity index (χ3v) is 6.90. The van der Waals surface area contributed by atoms with E-state index in [1.54, 1.807) is 11.3 Å². The number of hydrogen-bond acceptors (Lipinski definition) is 4. The first kappa shape index (κ1) is 19.2. The summed E-state index contributed by atoms with van der Waals surface area (Å²) in [6, 6.07) is 10.1. The molecule has 148 valence electrons. The molecule has 1 aliphatic carbocycles. The van der Waals surface area contributed by atoms with Crippen molar-refractivity contribution in [2.75, 3.05) is 26.3 Å². The second-order valence-corrected chi connectivity index (χ2v) is 8.68. The summed E-state index contributed by atoms with van der Waals surface area (Å²) in [5.41, 5.74) is 3.52. The van der Waals surface area contributed by atoms with Crippen LogP contribution in [0.3, 0.4) is 0 Å². The van der Waals surface area contributed by atoms with Gasteiger partial charge in [0.05, 0.1) is 18.1 Å². The Morgan fingerprint density at radius 3 is 2.82 bits per heavy atom. The second kappa shape index (κ2) is 8.45. The van der Waals surface area contributed by atoms with Crippen LogP contribution in [0.25, 0.3) is 0 Å². The summed E-state index contributed by atoms with van der Waals surface area (Å²) >= 11 is 1.60. The van der Waals surface area contributed by atoms with Gasteiger partial charge in [0.1, 0.15) is 0 Å². The molecule has 1 fully saturated rings. The topological polar surface area (TPSA) is 58.6 Å². The molecule has 1 aliphatic heterocycles. The molecule has 2 aromatic rings. The maximum Gasteiger partial charge on any atom is 0.264 e. The van der Waals surface area contributed by atoms with Gasteiger partial charge >= 0.3 is 0 Å². The van der Waals surface area contributed by atoms with E-state index in [2.05, 4.69) is 24.4 Å². The maximum atomic E-state index is 12.7. The Bertz CT molecular complexity index is 870. The number of carbonyl (C=O) groups excluding carboxylic acids is 2. The molecule has 4 rings (SSSR count). The van der Waals surface area contributed by atoms with Crippen LogP contribution in [0, 0.1) is 12.8 Å². The number of rotatable bonds is 4. The van der Waals surface area contributed by atoms with E-state index < -0.39 is 0 Å². The average Bonchev–Trinajstić information content (AvgIpc) is 3.16. The molecule has 2 heterocycles. The summed E-state index contributed by atoms with van der Waals surface area (Å²) in [5.74, 6) is 0.196. The molecule has 0 spiro atoms. The van der Waals surface area contributed by atoms with Crippen molar-refractivity contribution in [3.8, 4) is 0 Å². The number of benzene rings is 1. The van der Waals surface area contributed by atoms with Crippen molar-refractivity contribution in [2.24, 2.45) is 5.92 Å². The number of nitrogens with zero attached hydrogens (tertiary/aromatic N) is 1. The number of amides is 2. The number of fused-ring (bicyclic) bond motifs is 1. The van der Waals surface area contributed by atoms with E-state index in [4.69, 9.17) is 4.74 Å². The van der Waals surface area contributed by atoms with Crippen LogP contribution in [0.4, 0.5) is 0 Å². The SMILES string of the molecule is Cc1ccccc1CNC(=O)[C@H]1CCc2sc(C(=O)N3CCOCC3)cc2C1. The predicted molar refractivity (Wildman–Crippen MR) is 110 cm³/mol. The van der Waals surface area contributed by atoms with Gasteiger partial charge in [0, 0.05) is 30.4 Å². The van der Waals surface area contributed by atoms with E-state index in [1.165, 1.54) is 16.0 Å². The molecule has 2 amide bonds. The lowest BCUT2D eigenvalue weighted by molar-refractivity contribution is -0.125. The first-order chi connectivity index (χ1) is 13.6. The number of aryl methyl sites for hydroxylation is 2. The van der Waals surface area contributed by atoms with E-state index in [1.807, 2.05) is 23.1 Å². The van der Waals surface area contributed by atoms with Gasteiger partial charge in [-0.05, 0) is 48.9 Å². The highest BCUT2D eigenvalue weighted by Gasteiger charge is 2.28. The number of thiophene rings is 1. The highest BCUT2D eigenvalue weighted by molar-refractivity contribution is 7.14. The van der Waals surface area contributed by atoms with E-state index in [0.29, 0.717) is 32.8 Å². The highest BCUT2D eigenvalue weighted by Crippen LogP contribution is 2.33. The Balaban J connectivity index is 1.37. The molecule has 1 saturated heterocycles. The zero-order chi connectivity index (χ0) is 19.5. The number of nitrogens with one attached hydrogen (secondary N) is 1. The van der Waals surface area contributed by atoms with E-state index >= 15 is 0 Å². The van der Waals surface area contributed by atoms with Crippen molar-refractivity contribution in [3.05, 3.63) is 56.8 Å². The molecule has 6 heteroatoms. The van der Waals surface area contributed by atoms with Gasteiger partial charge in [0.15, 0.2) is 0 Å². The van der Waals surface area contributed by atoms with Gasteiger partial charge in [-0.1, -0.05) is 24.3 Å². The second-order valence-electron chi connectivity index (χ2n) is 7.55. The van der Waals surface area contributed by atoms with Crippen LogP contribution >= 0.6 is 11.3 Å². The Labute approximate surface area is 169 Å². The summed E-state index contributed by atoms with van der Waals surface area (Å²) < 4.78 is 5.33. The molecule has 0 unspecified atom stereocenters. The largest absolute Gasteiger partial charge is 0.378 e. The minimum Gasteiger partial charge on any atom is -0.378 e. The molecule has 1 aromatic heterocycles. The van der Waals surface area contributed by atoms with Crippen LogP contribution in [-0.4, -0.2) is 43.0 Å². The van der Waals surface area contributed by atoms with Crippen molar-refractivity contribution in [2.45, 2.75) is 32.7 Å². The molecule has 0 saturated carbocycles. The fourth-order valence-corrected chi connectivity index (χ4v) is 5.09. The molecule has 0 radical (unpaired) electrons. The van der Waals surface area contributed by atoms with E-state index in [-0.39, 0.29) is 17.7 Å². The number of ether oxygens (including phenoxy) is 1. The molecule has 0 bridgehead atoms. The van der Waals surface area contributed by atoms with Crippen molar-refractivity contribution in [1.82, 2.24) is 10.2 Å². The number of hydrogen-bond donors (Lipinski definition) is 1. The third-order valence-electron chi connectivity index (χ3n) is 5.68. The summed E-state index contributed by atoms with van der Waals surface area (Å²) in [5, 5.41) is 3.10. The Morgan fingerprint density at radius 1 is 1.25 bits per heavy atom. The number of morpholine rings is 1. The molecule has 1 N–H and O–H groups in total. The molecule has 5 nitrogen and oxygen atoms in total. The Morgan fingerprint density at radius 2 is 2.04 bits per heavy atom. The zero-order valence-electron chi connectivity index (χ0n) is 16.2. The van der Waals surface area contributed by atoms with Gasteiger partial charge in [-0.2, -0.15) is 0 Å². The fraction of sp³-hybridized carbons (Fsp3) is 0.455. The van der Waals surface area contributed by atoms with E-state index in [9.17, 15) is 9.59 Å². The van der Waals surface area contributed by atoms with Crippen LogP contribution in [0.2, 0.25) is 0 Å². The Hall–Kier alpha value is -2.18. The lowest BCUT2D eigenvalue weighted by atomic mass is 9.87. The van der Waals surface area contributed by atoms with Crippen LogP contribution in [0.5, 0.6) is 0 Å². The number of carbonyl (C=O) groups is 2. The summed E-state index contributed by atoms with van der Waals surface area (Å²) in [6.45, 7) is 5.17. The quantitative estimate of drug-likeness (QED) is 0.862. The Kier molecular flexibility index (Phi) is 5.78. The van der Waals surface area contributed by atoms with Crippen LogP contribution in [-0.2, 0) is 28.9 Å². The maximum absolute atomic E-state index is 12.7. The fourth-order valence-electron chi connectivity index (χ4n) is 3.91.